The van der Waals surface area contributed by atoms with Gasteiger partial charge in [-0.1, -0.05) is 0 Å². The van der Waals surface area contributed by atoms with Gasteiger partial charge in [-0.05, 0) is 25.0 Å². The van der Waals surface area contributed by atoms with Crippen molar-refractivity contribution >= 4 is 0 Å². The number of nitrogens with two attached hydrogens (primary N) is 1. The van der Waals surface area contributed by atoms with Crippen LogP contribution in [0.2, 0.25) is 0 Å². The highest BCUT2D eigenvalue weighted by molar-refractivity contribution is 5.10. The van der Waals surface area contributed by atoms with E-state index in [0.29, 0.717) is 6.04 Å². The molecule has 1 aromatic heterocycles. The highest BCUT2D eigenvalue weighted by Crippen LogP contribution is 2.13. The summed E-state index contributed by atoms with van der Waals surface area (Å²) in [7, 11) is 0. The Morgan fingerprint density at radius 3 is 3.40 bits per heavy atom. The molecule has 1 aliphatic rings. The number of hydrogen-bond acceptors (Lipinski definition) is 1. The third-order valence-corrected chi connectivity index (χ3v) is 2.13. The maximum absolute atomic E-state index is 5.79. The van der Waals surface area contributed by atoms with Crippen molar-refractivity contribution in [2.24, 2.45) is 5.73 Å². The molecule has 0 saturated heterocycles. The summed E-state index contributed by atoms with van der Waals surface area (Å²) < 4.78 is 2.24. The molecule has 0 saturated carbocycles. The van der Waals surface area contributed by atoms with E-state index in [1.807, 2.05) is 0 Å². The molecule has 2 heterocycles. The minimum atomic E-state index is 0.375. The summed E-state index contributed by atoms with van der Waals surface area (Å²) in [5, 5.41) is 0. The molecule has 10 heavy (non-hydrogen) atoms. The van der Waals surface area contributed by atoms with Crippen molar-refractivity contribution in [2.45, 2.75) is 25.4 Å². The number of hydrogen-bond donors (Lipinski definition) is 1. The van der Waals surface area contributed by atoms with Crippen LogP contribution in [0.5, 0.6) is 0 Å². The lowest BCUT2D eigenvalue weighted by atomic mass is 10.1. The molecule has 0 amide bonds. The van der Waals surface area contributed by atoms with Gasteiger partial charge in [-0.25, -0.2) is 0 Å². The summed E-state index contributed by atoms with van der Waals surface area (Å²) in [6.45, 7) is 1.00. The van der Waals surface area contributed by atoms with Crippen LogP contribution in [0, 0.1) is 0 Å². The second kappa shape index (κ2) is 2.13. The lowest BCUT2D eigenvalue weighted by molar-refractivity contribution is 0.461. The van der Waals surface area contributed by atoms with Crippen LogP contribution in [0.25, 0.3) is 0 Å². The third kappa shape index (κ3) is 0.847. The Labute approximate surface area is 60.6 Å². The van der Waals surface area contributed by atoms with Crippen molar-refractivity contribution in [1.29, 1.82) is 0 Å². The highest BCUT2D eigenvalue weighted by Gasteiger charge is 2.12. The van der Waals surface area contributed by atoms with Crippen LogP contribution in [-0.2, 0) is 13.0 Å². The van der Waals surface area contributed by atoms with Gasteiger partial charge in [0.1, 0.15) is 0 Å². The van der Waals surface area contributed by atoms with Crippen molar-refractivity contribution in [2.75, 3.05) is 0 Å². The molecule has 2 heteroatoms. The van der Waals surface area contributed by atoms with Crippen LogP contribution in [0.3, 0.4) is 0 Å². The van der Waals surface area contributed by atoms with Gasteiger partial charge in [0.25, 0.3) is 0 Å². The average Bonchev–Trinajstić information content (AvgIpc) is 2.33. The first kappa shape index (κ1) is 5.98. The minimum Gasteiger partial charge on any atom is -0.350 e. The second-order valence-corrected chi connectivity index (χ2v) is 2.95. The Bertz CT molecular complexity index is 227. The van der Waals surface area contributed by atoms with Crippen LogP contribution >= 0.6 is 0 Å². The van der Waals surface area contributed by atoms with Crippen molar-refractivity contribution in [1.82, 2.24) is 4.57 Å². The molecule has 2 N–H and O–H groups in total. The molecular formula is C8H12N2. The van der Waals surface area contributed by atoms with E-state index in [1.54, 1.807) is 0 Å². The van der Waals surface area contributed by atoms with Crippen LogP contribution in [-0.4, -0.2) is 10.6 Å². The molecule has 0 spiro atoms. The Morgan fingerprint density at radius 1 is 1.60 bits per heavy atom. The standard InChI is InChI=1S/C8H12N2/c9-7-3-4-8-2-1-5-10(8)6-7/h1-2,5,7H,3-4,6,9H2/t7-/m1/s1. The molecule has 2 rings (SSSR count). The molecule has 1 aliphatic heterocycles. The Morgan fingerprint density at radius 2 is 2.50 bits per heavy atom. The molecule has 0 aliphatic carbocycles. The Kier molecular flexibility index (Phi) is 1.27. The molecule has 2 nitrogen and oxygen atoms in total. The van der Waals surface area contributed by atoms with Gasteiger partial charge in [0.2, 0.25) is 0 Å². The van der Waals surface area contributed by atoms with Crippen molar-refractivity contribution in [3.8, 4) is 0 Å². The van der Waals surface area contributed by atoms with Crippen molar-refractivity contribution < 1.29 is 0 Å². The minimum absolute atomic E-state index is 0.375. The lowest BCUT2D eigenvalue weighted by Gasteiger charge is -2.20. The van der Waals surface area contributed by atoms with E-state index in [1.165, 1.54) is 5.69 Å². The first-order valence-corrected chi connectivity index (χ1v) is 3.76. The Hall–Kier alpha value is -0.760. The largest absolute Gasteiger partial charge is 0.350 e. The van der Waals surface area contributed by atoms with Gasteiger partial charge in [-0.2, -0.15) is 0 Å². The maximum atomic E-state index is 5.79. The van der Waals surface area contributed by atoms with E-state index in [2.05, 4.69) is 22.9 Å². The summed E-state index contributed by atoms with van der Waals surface area (Å²) in [6.07, 6.45) is 4.40. The quantitative estimate of drug-likeness (QED) is 0.561. The molecule has 0 radical (unpaired) electrons. The van der Waals surface area contributed by atoms with Gasteiger partial charge in [0.15, 0.2) is 0 Å². The zero-order valence-corrected chi connectivity index (χ0v) is 5.96. The van der Waals surface area contributed by atoms with Gasteiger partial charge >= 0.3 is 0 Å². The molecule has 1 atom stereocenters. The van der Waals surface area contributed by atoms with Gasteiger partial charge in [0.05, 0.1) is 0 Å². The molecule has 0 fully saturated rings. The maximum Gasteiger partial charge on any atom is 0.0374 e. The SMILES string of the molecule is N[C@@H]1CCc2cccn2C1. The van der Waals surface area contributed by atoms with Gasteiger partial charge in [-0.3, -0.25) is 0 Å². The van der Waals surface area contributed by atoms with Crippen molar-refractivity contribution in [3.05, 3.63) is 24.0 Å². The lowest BCUT2D eigenvalue weighted by Crippen LogP contribution is -2.31. The van der Waals surface area contributed by atoms with Crippen LogP contribution in [0.1, 0.15) is 12.1 Å². The second-order valence-electron chi connectivity index (χ2n) is 2.95. The number of rotatable bonds is 0. The fourth-order valence-corrected chi connectivity index (χ4v) is 1.53. The van der Waals surface area contributed by atoms with E-state index >= 15 is 0 Å². The summed E-state index contributed by atoms with van der Waals surface area (Å²) in [5.41, 5.74) is 7.22. The summed E-state index contributed by atoms with van der Waals surface area (Å²) >= 11 is 0. The predicted octanol–water partition coefficient (Wildman–Crippen LogP) is 0.762. The summed E-state index contributed by atoms with van der Waals surface area (Å²) in [5.74, 6) is 0. The number of nitrogens with zero attached hydrogens (tertiary/aromatic N) is 1. The molecule has 0 aromatic carbocycles. The number of aromatic nitrogens is 1. The zero-order valence-electron chi connectivity index (χ0n) is 5.96. The van der Waals surface area contributed by atoms with E-state index in [-0.39, 0.29) is 0 Å². The highest BCUT2D eigenvalue weighted by atomic mass is 15.0. The summed E-state index contributed by atoms with van der Waals surface area (Å²) in [4.78, 5) is 0. The van der Waals surface area contributed by atoms with Crippen LogP contribution in [0.4, 0.5) is 0 Å². The molecule has 1 aromatic rings. The van der Waals surface area contributed by atoms with Gasteiger partial charge < -0.3 is 10.3 Å². The predicted molar refractivity (Wildman–Crippen MR) is 40.7 cm³/mol. The normalized spacial score (nSPS) is 24.3. The monoisotopic (exact) mass is 136 g/mol. The van der Waals surface area contributed by atoms with Crippen LogP contribution in [0.15, 0.2) is 18.3 Å². The fourth-order valence-electron chi connectivity index (χ4n) is 1.53. The van der Waals surface area contributed by atoms with E-state index in [0.717, 1.165) is 19.4 Å². The first-order chi connectivity index (χ1) is 4.86. The number of fused-ring (bicyclic) bond motifs is 1. The number of aryl methyl sites for hydroxylation is 1. The molecule has 54 valence electrons. The van der Waals surface area contributed by atoms with E-state index < -0.39 is 0 Å². The van der Waals surface area contributed by atoms with E-state index in [4.69, 9.17) is 5.73 Å². The van der Waals surface area contributed by atoms with Gasteiger partial charge in [0, 0.05) is 24.5 Å². The summed E-state index contributed by atoms with van der Waals surface area (Å²) in [6, 6.07) is 4.64. The molecule has 0 bridgehead atoms. The van der Waals surface area contributed by atoms with Crippen LogP contribution < -0.4 is 5.73 Å². The molecule has 0 unspecified atom stereocenters. The third-order valence-electron chi connectivity index (χ3n) is 2.13. The Balaban J connectivity index is 2.30. The van der Waals surface area contributed by atoms with Crippen molar-refractivity contribution in [3.63, 3.8) is 0 Å². The molecular weight excluding hydrogens is 124 g/mol. The zero-order chi connectivity index (χ0) is 6.97. The average molecular weight is 136 g/mol. The van der Waals surface area contributed by atoms with Gasteiger partial charge in [-0.15, -0.1) is 0 Å². The first-order valence-electron chi connectivity index (χ1n) is 3.76. The fraction of sp³-hybridized carbons (Fsp3) is 0.500. The topological polar surface area (TPSA) is 30.9 Å². The van der Waals surface area contributed by atoms with E-state index in [9.17, 15) is 0 Å². The smallest absolute Gasteiger partial charge is 0.0374 e.